The molecule has 0 spiro atoms. The molecule has 0 saturated heterocycles. The summed E-state index contributed by atoms with van der Waals surface area (Å²) in [5, 5.41) is 8.05. The fraction of sp³-hybridized carbons (Fsp3) is 0.800. The van der Waals surface area contributed by atoms with E-state index in [9.17, 15) is 0 Å². The molecule has 0 unspecified atom stereocenters. The van der Waals surface area contributed by atoms with Gasteiger partial charge in [-0.3, -0.25) is 4.68 Å². The third-order valence-corrected chi connectivity index (χ3v) is 1.70. The van der Waals surface area contributed by atoms with Gasteiger partial charge in [0.1, 0.15) is 5.69 Å². The summed E-state index contributed by atoms with van der Waals surface area (Å²) in [6.45, 7) is 9.81. The highest BCUT2D eigenvalue weighted by Crippen LogP contribution is 2.01. The highest BCUT2D eigenvalue weighted by atomic mass is 16.5. The maximum absolute atomic E-state index is 5.43. The van der Waals surface area contributed by atoms with Crippen molar-refractivity contribution in [3.8, 4) is 0 Å². The van der Waals surface area contributed by atoms with Crippen LogP contribution >= 0.6 is 0 Å². The van der Waals surface area contributed by atoms with Crippen molar-refractivity contribution in [2.24, 2.45) is 5.92 Å². The van der Waals surface area contributed by atoms with Gasteiger partial charge >= 0.3 is 0 Å². The second kappa shape index (κ2) is 5.10. The summed E-state index contributed by atoms with van der Waals surface area (Å²) in [6, 6.07) is 0. The minimum Gasteiger partial charge on any atom is -0.372 e. The van der Waals surface area contributed by atoms with Crippen LogP contribution in [0.1, 0.15) is 33.4 Å². The van der Waals surface area contributed by atoms with Gasteiger partial charge in [0, 0.05) is 6.54 Å². The largest absolute Gasteiger partial charge is 0.372 e. The molecule has 0 aliphatic rings. The highest BCUT2D eigenvalue weighted by molar-refractivity contribution is 4.89. The van der Waals surface area contributed by atoms with Gasteiger partial charge in [-0.2, -0.15) is 0 Å². The van der Waals surface area contributed by atoms with Crippen molar-refractivity contribution >= 4 is 0 Å². The Bertz CT molecular complexity index is 268. The van der Waals surface area contributed by atoms with Crippen molar-refractivity contribution in [3.05, 3.63) is 11.9 Å². The molecule has 80 valence electrons. The average molecular weight is 197 g/mol. The molecular formula is C10H19N3O. The van der Waals surface area contributed by atoms with E-state index in [2.05, 4.69) is 24.2 Å². The van der Waals surface area contributed by atoms with Crippen molar-refractivity contribution in [1.29, 1.82) is 0 Å². The summed E-state index contributed by atoms with van der Waals surface area (Å²) in [5.74, 6) is 0.593. The van der Waals surface area contributed by atoms with Crippen molar-refractivity contribution in [2.45, 2.75) is 47.0 Å². The first-order valence-corrected chi connectivity index (χ1v) is 5.08. The van der Waals surface area contributed by atoms with E-state index in [0.29, 0.717) is 12.5 Å². The first-order valence-electron chi connectivity index (χ1n) is 5.08. The molecular weight excluding hydrogens is 178 g/mol. The third-order valence-electron chi connectivity index (χ3n) is 1.70. The van der Waals surface area contributed by atoms with Crippen LogP contribution < -0.4 is 0 Å². The first kappa shape index (κ1) is 11.2. The molecule has 0 radical (unpaired) electrons. The Morgan fingerprint density at radius 1 is 1.36 bits per heavy atom. The zero-order chi connectivity index (χ0) is 10.6. The lowest BCUT2D eigenvalue weighted by molar-refractivity contribution is 0.0635. The second-order valence-corrected chi connectivity index (χ2v) is 4.19. The van der Waals surface area contributed by atoms with E-state index in [1.807, 2.05) is 24.7 Å². The molecule has 1 heterocycles. The Hall–Kier alpha value is -0.900. The molecule has 1 aromatic rings. The van der Waals surface area contributed by atoms with E-state index < -0.39 is 0 Å². The van der Waals surface area contributed by atoms with Gasteiger partial charge in [-0.05, 0) is 19.8 Å². The molecule has 0 fully saturated rings. The molecule has 1 aromatic heterocycles. The average Bonchev–Trinajstić information content (AvgIpc) is 2.47. The lowest BCUT2D eigenvalue weighted by Crippen LogP contribution is -2.04. The van der Waals surface area contributed by atoms with Gasteiger partial charge < -0.3 is 4.74 Å². The van der Waals surface area contributed by atoms with Crippen molar-refractivity contribution < 1.29 is 4.74 Å². The van der Waals surface area contributed by atoms with Gasteiger partial charge in [0.25, 0.3) is 0 Å². The Morgan fingerprint density at radius 3 is 2.64 bits per heavy atom. The molecule has 0 atom stereocenters. The predicted octanol–water partition coefficient (Wildman–Crippen LogP) is 1.86. The Labute approximate surface area is 85.3 Å². The Kier molecular flexibility index (Phi) is 4.07. The fourth-order valence-corrected chi connectivity index (χ4v) is 1.12. The normalized spacial score (nSPS) is 11.6. The van der Waals surface area contributed by atoms with Crippen LogP contribution in [0.25, 0.3) is 0 Å². The number of hydrogen-bond donors (Lipinski definition) is 0. The molecule has 0 bridgehead atoms. The number of hydrogen-bond acceptors (Lipinski definition) is 3. The van der Waals surface area contributed by atoms with Gasteiger partial charge in [0.05, 0.1) is 18.9 Å². The van der Waals surface area contributed by atoms with E-state index in [4.69, 9.17) is 4.74 Å². The lowest BCUT2D eigenvalue weighted by Gasteiger charge is -2.04. The van der Waals surface area contributed by atoms with Crippen molar-refractivity contribution in [2.75, 3.05) is 0 Å². The van der Waals surface area contributed by atoms with E-state index >= 15 is 0 Å². The summed E-state index contributed by atoms with van der Waals surface area (Å²) in [5.41, 5.74) is 0.902. The SMILES string of the molecule is CC(C)Cn1cc(COC(C)C)nn1. The number of rotatable bonds is 5. The third kappa shape index (κ3) is 3.87. The van der Waals surface area contributed by atoms with Crippen LogP contribution in [-0.4, -0.2) is 21.1 Å². The summed E-state index contributed by atoms with van der Waals surface area (Å²) in [6.07, 6.45) is 2.19. The minimum atomic E-state index is 0.241. The highest BCUT2D eigenvalue weighted by Gasteiger charge is 2.03. The molecule has 0 aliphatic heterocycles. The van der Waals surface area contributed by atoms with Crippen molar-refractivity contribution in [3.63, 3.8) is 0 Å². The fourth-order valence-electron chi connectivity index (χ4n) is 1.12. The van der Waals surface area contributed by atoms with Crippen molar-refractivity contribution in [1.82, 2.24) is 15.0 Å². The van der Waals surface area contributed by atoms with Crippen LogP contribution in [0.15, 0.2) is 6.20 Å². The predicted molar refractivity (Wildman–Crippen MR) is 54.8 cm³/mol. The maximum Gasteiger partial charge on any atom is 0.108 e. The standard InChI is InChI=1S/C10H19N3O/c1-8(2)5-13-6-10(11-12-13)7-14-9(3)4/h6,8-9H,5,7H2,1-4H3. The molecule has 0 N–H and O–H groups in total. The van der Waals surface area contributed by atoms with Gasteiger partial charge in [-0.15, -0.1) is 5.10 Å². The van der Waals surface area contributed by atoms with Crippen LogP contribution in [0.4, 0.5) is 0 Å². The van der Waals surface area contributed by atoms with Crippen LogP contribution in [0, 0.1) is 5.92 Å². The summed E-state index contributed by atoms with van der Waals surface area (Å²) in [7, 11) is 0. The Balaban J connectivity index is 2.42. The van der Waals surface area contributed by atoms with E-state index in [0.717, 1.165) is 12.2 Å². The van der Waals surface area contributed by atoms with Crippen LogP contribution in [0.2, 0.25) is 0 Å². The summed E-state index contributed by atoms with van der Waals surface area (Å²) < 4.78 is 7.30. The first-order chi connectivity index (χ1) is 6.58. The molecule has 4 nitrogen and oxygen atoms in total. The number of ether oxygens (including phenoxy) is 1. The molecule has 0 saturated carbocycles. The number of nitrogens with zero attached hydrogens (tertiary/aromatic N) is 3. The van der Waals surface area contributed by atoms with E-state index in [-0.39, 0.29) is 6.10 Å². The maximum atomic E-state index is 5.43. The van der Waals surface area contributed by atoms with Gasteiger partial charge in [-0.25, -0.2) is 0 Å². The monoisotopic (exact) mass is 197 g/mol. The van der Waals surface area contributed by atoms with Gasteiger partial charge in [0.2, 0.25) is 0 Å². The van der Waals surface area contributed by atoms with Crippen LogP contribution in [0.5, 0.6) is 0 Å². The minimum absolute atomic E-state index is 0.241. The van der Waals surface area contributed by atoms with Crippen LogP contribution in [0.3, 0.4) is 0 Å². The van der Waals surface area contributed by atoms with Gasteiger partial charge in [0.15, 0.2) is 0 Å². The van der Waals surface area contributed by atoms with E-state index in [1.165, 1.54) is 0 Å². The Morgan fingerprint density at radius 2 is 2.07 bits per heavy atom. The lowest BCUT2D eigenvalue weighted by atomic mass is 10.2. The molecule has 1 rings (SSSR count). The molecule has 14 heavy (non-hydrogen) atoms. The topological polar surface area (TPSA) is 39.9 Å². The van der Waals surface area contributed by atoms with Gasteiger partial charge in [-0.1, -0.05) is 19.1 Å². The quantitative estimate of drug-likeness (QED) is 0.723. The number of aromatic nitrogens is 3. The smallest absolute Gasteiger partial charge is 0.108 e. The zero-order valence-electron chi connectivity index (χ0n) is 9.40. The van der Waals surface area contributed by atoms with Crippen LogP contribution in [-0.2, 0) is 17.9 Å². The second-order valence-electron chi connectivity index (χ2n) is 4.19. The molecule has 0 aliphatic carbocycles. The van der Waals surface area contributed by atoms with E-state index in [1.54, 1.807) is 0 Å². The summed E-state index contributed by atoms with van der Waals surface area (Å²) >= 11 is 0. The zero-order valence-corrected chi connectivity index (χ0v) is 9.40. The molecule has 0 aromatic carbocycles. The summed E-state index contributed by atoms with van der Waals surface area (Å²) in [4.78, 5) is 0. The molecule has 0 amide bonds. The molecule has 4 heteroatoms.